The van der Waals surface area contributed by atoms with Crippen molar-refractivity contribution in [3.05, 3.63) is 29.8 Å². The molecule has 166 valence electrons. The fourth-order valence-electron chi connectivity index (χ4n) is 6.63. The van der Waals surface area contributed by atoms with Gasteiger partial charge in [0, 0.05) is 0 Å². The van der Waals surface area contributed by atoms with Crippen LogP contribution >= 0.6 is 0 Å². The van der Waals surface area contributed by atoms with Crippen LogP contribution in [0.4, 0.5) is 0 Å². The molecular formula is C28H42O2. The highest BCUT2D eigenvalue weighted by Crippen LogP contribution is 2.41. The van der Waals surface area contributed by atoms with Crippen molar-refractivity contribution in [1.29, 1.82) is 0 Å². The number of hydrogen-bond donors (Lipinski definition) is 0. The van der Waals surface area contributed by atoms with Gasteiger partial charge in [-0.1, -0.05) is 64.0 Å². The number of hydrogen-bond acceptors (Lipinski definition) is 2. The summed E-state index contributed by atoms with van der Waals surface area (Å²) in [7, 11) is 0. The van der Waals surface area contributed by atoms with Gasteiger partial charge in [-0.15, -0.1) is 0 Å². The zero-order valence-electron chi connectivity index (χ0n) is 19.1. The molecule has 0 unspecified atom stereocenters. The summed E-state index contributed by atoms with van der Waals surface area (Å²) in [6.07, 6.45) is 19.7. The molecule has 0 saturated heterocycles. The van der Waals surface area contributed by atoms with Gasteiger partial charge in [0.2, 0.25) is 0 Å². The Morgan fingerprint density at radius 1 is 0.800 bits per heavy atom. The summed E-state index contributed by atoms with van der Waals surface area (Å²) in [4.78, 5) is 12.7. The van der Waals surface area contributed by atoms with E-state index in [0.29, 0.717) is 5.92 Å². The number of rotatable bonds is 6. The molecule has 0 spiro atoms. The van der Waals surface area contributed by atoms with Crippen LogP contribution < -0.4 is 4.74 Å². The molecule has 3 aliphatic carbocycles. The maximum Gasteiger partial charge on any atom is 0.314 e. The van der Waals surface area contributed by atoms with Gasteiger partial charge in [0.05, 0.1) is 5.92 Å². The van der Waals surface area contributed by atoms with E-state index in [1.54, 1.807) is 0 Å². The molecule has 0 bridgehead atoms. The number of ether oxygens (including phenoxy) is 1. The molecule has 3 fully saturated rings. The van der Waals surface area contributed by atoms with E-state index in [-0.39, 0.29) is 11.9 Å². The van der Waals surface area contributed by atoms with Crippen molar-refractivity contribution in [2.75, 3.05) is 0 Å². The van der Waals surface area contributed by atoms with E-state index >= 15 is 0 Å². The second-order valence-electron chi connectivity index (χ2n) is 10.5. The lowest BCUT2D eigenvalue weighted by atomic mass is 9.71. The largest absolute Gasteiger partial charge is 0.426 e. The van der Waals surface area contributed by atoms with Gasteiger partial charge in [0.15, 0.2) is 0 Å². The van der Waals surface area contributed by atoms with Crippen molar-refractivity contribution in [2.24, 2.45) is 23.7 Å². The summed E-state index contributed by atoms with van der Waals surface area (Å²) in [6.45, 7) is 2.30. The second kappa shape index (κ2) is 10.8. The lowest BCUT2D eigenvalue weighted by molar-refractivity contribution is -0.140. The van der Waals surface area contributed by atoms with E-state index < -0.39 is 0 Å². The van der Waals surface area contributed by atoms with Gasteiger partial charge < -0.3 is 4.74 Å². The van der Waals surface area contributed by atoms with Gasteiger partial charge in [-0.05, 0) is 92.7 Å². The summed E-state index contributed by atoms with van der Waals surface area (Å²) < 4.78 is 5.79. The van der Waals surface area contributed by atoms with Gasteiger partial charge in [0.1, 0.15) is 5.75 Å². The molecule has 0 atom stereocenters. The average molecular weight is 411 g/mol. The molecule has 0 radical (unpaired) electrons. The van der Waals surface area contributed by atoms with E-state index in [1.165, 1.54) is 89.0 Å². The molecule has 1 aromatic rings. The summed E-state index contributed by atoms with van der Waals surface area (Å²) in [5.41, 5.74) is 1.43. The first-order valence-corrected chi connectivity index (χ1v) is 13.0. The number of carbonyl (C=O) groups is 1. The van der Waals surface area contributed by atoms with Crippen LogP contribution in [0.3, 0.4) is 0 Å². The highest BCUT2D eigenvalue weighted by Gasteiger charge is 2.32. The maximum atomic E-state index is 12.7. The van der Waals surface area contributed by atoms with E-state index in [0.717, 1.165) is 36.3 Å². The van der Waals surface area contributed by atoms with E-state index in [2.05, 4.69) is 19.1 Å². The third-order valence-corrected chi connectivity index (χ3v) is 8.54. The minimum absolute atomic E-state index is 0.00455. The molecule has 4 rings (SSSR count). The molecule has 2 heteroatoms. The van der Waals surface area contributed by atoms with Gasteiger partial charge in [-0.2, -0.15) is 0 Å². The SMILES string of the molecule is CCCC1CCC(c2ccc(OC(=O)C3CCC(C4CCCCC4)CC3)cc2)CC1. The van der Waals surface area contributed by atoms with Crippen molar-refractivity contribution >= 4 is 5.97 Å². The molecule has 1 aromatic carbocycles. The Morgan fingerprint density at radius 2 is 1.43 bits per heavy atom. The van der Waals surface area contributed by atoms with Crippen molar-refractivity contribution < 1.29 is 9.53 Å². The monoisotopic (exact) mass is 410 g/mol. The van der Waals surface area contributed by atoms with E-state index in [1.807, 2.05) is 12.1 Å². The number of benzene rings is 1. The lowest BCUT2D eigenvalue weighted by Gasteiger charge is -2.35. The van der Waals surface area contributed by atoms with Crippen LogP contribution in [-0.4, -0.2) is 5.97 Å². The zero-order chi connectivity index (χ0) is 20.8. The Kier molecular flexibility index (Phi) is 7.90. The summed E-state index contributed by atoms with van der Waals surface area (Å²) in [5.74, 6) is 4.28. The third kappa shape index (κ3) is 5.68. The summed E-state index contributed by atoms with van der Waals surface area (Å²) >= 11 is 0. The third-order valence-electron chi connectivity index (χ3n) is 8.54. The average Bonchev–Trinajstić information content (AvgIpc) is 2.81. The lowest BCUT2D eigenvalue weighted by Crippen LogP contribution is -2.29. The molecule has 30 heavy (non-hydrogen) atoms. The normalized spacial score (nSPS) is 30.7. The zero-order valence-corrected chi connectivity index (χ0v) is 19.1. The Balaban J connectivity index is 1.22. The van der Waals surface area contributed by atoms with Gasteiger partial charge in [-0.3, -0.25) is 4.79 Å². The standard InChI is InChI=1S/C28H42O2/c1-2-6-21-9-11-23(12-10-21)25-17-19-27(20-18-25)30-28(29)26-15-13-24(14-16-26)22-7-4-3-5-8-22/h17-24,26H,2-16H2,1H3. The van der Waals surface area contributed by atoms with E-state index in [4.69, 9.17) is 4.74 Å². The Hall–Kier alpha value is -1.31. The van der Waals surface area contributed by atoms with Crippen LogP contribution in [0.2, 0.25) is 0 Å². The first kappa shape index (κ1) is 21.9. The van der Waals surface area contributed by atoms with Crippen molar-refractivity contribution in [2.45, 2.75) is 109 Å². The molecule has 0 heterocycles. The molecule has 2 nitrogen and oxygen atoms in total. The van der Waals surface area contributed by atoms with Gasteiger partial charge >= 0.3 is 5.97 Å². The maximum absolute atomic E-state index is 12.7. The quantitative estimate of drug-likeness (QED) is 0.350. The number of carbonyl (C=O) groups excluding carboxylic acids is 1. The van der Waals surface area contributed by atoms with Gasteiger partial charge in [0.25, 0.3) is 0 Å². The highest BCUT2D eigenvalue weighted by atomic mass is 16.5. The number of esters is 1. The summed E-state index contributed by atoms with van der Waals surface area (Å²) in [6, 6.07) is 8.46. The molecule has 3 saturated carbocycles. The first-order chi connectivity index (χ1) is 14.7. The summed E-state index contributed by atoms with van der Waals surface area (Å²) in [5, 5.41) is 0. The molecule has 3 aliphatic rings. The highest BCUT2D eigenvalue weighted by molar-refractivity contribution is 5.75. The Labute approximate surface area is 184 Å². The molecule has 0 aromatic heterocycles. The Morgan fingerprint density at radius 3 is 2.07 bits per heavy atom. The first-order valence-electron chi connectivity index (χ1n) is 13.0. The molecule has 0 aliphatic heterocycles. The Bertz CT molecular complexity index is 642. The van der Waals surface area contributed by atoms with Crippen molar-refractivity contribution in [3.63, 3.8) is 0 Å². The van der Waals surface area contributed by atoms with Crippen molar-refractivity contribution in [1.82, 2.24) is 0 Å². The minimum Gasteiger partial charge on any atom is -0.426 e. The van der Waals surface area contributed by atoms with Gasteiger partial charge in [-0.25, -0.2) is 0 Å². The molecule has 0 amide bonds. The molecule has 0 N–H and O–H groups in total. The van der Waals surface area contributed by atoms with Crippen LogP contribution in [0.5, 0.6) is 5.75 Å². The van der Waals surface area contributed by atoms with Crippen LogP contribution in [0, 0.1) is 23.7 Å². The topological polar surface area (TPSA) is 26.3 Å². The van der Waals surface area contributed by atoms with Crippen LogP contribution in [0.15, 0.2) is 24.3 Å². The van der Waals surface area contributed by atoms with Crippen LogP contribution in [-0.2, 0) is 4.79 Å². The van der Waals surface area contributed by atoms with Crippen LogP contribution in [0.25, 0.3) is 0 Å². The smallest absolute Gasteiger partial charge is 0.314 e. The predicted molar refractivity (Wildman–Crippen MR) is 124 cm³/mol. The van der Waals surface area contributed by atoms with Crippen LogP contribution in [0.1, 0.15) is 115 Å². The fourth-order valence-corrected chi connectivity index (χ4v) is 6.63. The van der Waals surface area contributed by atoms with Crippen molar-refractivity contribution in [3.8, 4) is 5.75 Å². The fraction of sp³-hybridized carbons (Fsp3) is 0.750. The second-order valence-corrected chi connectivity index (χ2v) is 10.5. The predicted octanol–water partition coefficient (Wildman–Crippen LogP) is 8.05. The molecular weight excluding hydrogens is 368 g/mol. The minimum atomic E-state index is 0.00455. The van der Waals surface area contributed by atoms with E-state index in [9.17, 15) is 4.79 Å².